The first kappa shape index (κ1) is 14.9. The van der Waals surface area contributed by atoms with Gasteiger partial charge in [0.25, 0.3) is 0 Å². The molecule has 4 heteroatoms. The molecule has 2 bridgehead atoms. The molecule has 1 fully saturated rings. The van der Waals surface area contributed by atoms with Gasteiger partial charge < -0.3 is 9.64 Å². The number of ether oxygens (including phenoxy) is 1. The van der Waals surface area contributed by atoms with Crippen molar-refractivity contribution in [3.63, 3.8) is 0 Å². The Kier molecular flexibility index (Phi) is 3.60. The second-order valence-corrected chi connectivity index (χ2v) is 6.53. The number of esters is 1. The van der Waals surface area contributed by atoms with Crippen molar-refractivity contribution in [1.82, 2.24) is 4.90 Å². The Morgan fingerprint density at radius 3 is 2.95 bits per heavy atom. The molecule has 1 aliphatic heterocycles. The maximum atomic E-state index is 11.2. The van der Waals surface area contributed by atoms with E-state index in [-0.39, 0.29) is 17.4 Å². The van der Waals surface area contributed by atoms with Crippen molar-refractivity contribution in [3.05, 3.63) is 29.3 Å². The third kappa shape index (κ3) is 2.08. The lowest BCUT2D eigenvalue weighted by molar-refractivity contribution is -0.131. The zero-order valence-electron chi connectivity index (χ0n) is 13.4. The minimum atomic E-state index is -0.286. The van der Waals surface area contributed by atoms with Crippen LogP contribution < -0.4 is 4.74 Å². The molecule has 3 unspecified atom stereocenters. The smallest absolute Gasteiger partial charge is 0.308 e. The molecule has 22 heavy (non-hydrogen) atoms. The molecule has 3 atom stereocenters. The van der Waals surface area contributed by atoms with Gasteiger partial charge in [-0.1, -0.05) is 19.9 Å². The van der Waals surface area contributed by atoms with E-state index in [1.165, 1.54) is 18.1 Å². The average molecular weight is 298 g/mol. The van der Waals surface area contributed by atoms with Gasteiger partial charge in [0.15, 0.2) is 6.19 Å². The van der Waals surface area contributed by atoms with Crippen LogP contribution in [-0.4, -0.2) is 23.5 Å². The molecule has 116 valence electrons. The Hall–Kier alpha value is -2.02. The van der Waals surface area contributed by atoms with E-state index in [0.29, 0.717) is 11.7 Å². The van der Waals surface area contributed by atoms with Crippen LogP contribution in [0.4, 0.5) is 0 Å². The molecule has 1 heterocycles. The van der Waals surface area contributed by atoms with Gasteiger partial charge in [-0.25, -0.2) is 0 Å². The monoisotopic (exact) mass is 298 g/mol. The fourth-order valence-electron chi connectivity index (χ4n) is 4.48. The molecule has 2 aliphatic rings. The highest BCUT2D eigenvalue weighted by atomic mass is 16.5. The summed E-state index contributed by atoms with van der Waals surface area (Å²) in [4.78, 5) is 13.2. The van der Waals surface area contributed by atoms with Crippen LogP contribution in [0.25, 0.3) is 0 Å². The molecule has 1 saturated heterocycles. The number of carbonyl (C=O) groups excluding carboxylic acids is 1. The second-order valence-electron chi connectivity index (χ2n) is 6.53. The Morgan fingerprint density at radius 1 is 1.55 bits per heavy atom. The minimum Gasteiger partial charge on any atom is -0.427 e. The van der Waals surface area contributed by atoms with E-state index >= 15 is 0 Å². The summed E-state index contributed by atoms with van der Waals surface area (Å²) in [5.41, 5.74) is 2.69. The van der Waals surface area contributed by atoms with Gasteiger partial charge in [-0.15, -0.1) is 0 Å². The van der Waals surface area contributed by atoms with E-state index in [2.05, 4.69) is 32.2 Å². The molecule has 3 rings (SSSR count). The van der Waals surface area contributed by atoms with Crippen LogP contribution in [0, 0.1) is 17.4 Å². The first-order valence-corrected chi connectivity index (χ1v) is 8.00. The molecular weight excluding hydrogens is 276 g/mol. The summed E-state index contributed by atoms with van der Waals surface area (Å²) in [6.45, 7) is 6.73. The average Bonchev–Trinajstić information content (AvgIpc) is 2.48. The number of carbonyl (C=O) groups is 1. The maximum Gasteiger partial charge on any atom is 0.308 e. The van der Waals surface area contributed by atoms with Crippen LogP contribution in [0.5, 0.6) is 5.75 Å². The van der Waals surface area contributed by atoms with Gasteiger partial charge in [-0.05, 0) is 48.4 Å². The lowest BCUT2D eigenvalue weighted by Gasteiger charge is -2.54. The van der Waals surface area contributed by atoms with Gasteiger partial charge >= 0.3 is 5.97 Å². The van der Waals surface area contributed by atoms with E-state index in [0.717, 1.165) is 25.8 Å². The van der Waals surface area contributed by atoms with E-state index in [1.807, 2.05) is 11.0 Å². The van der Waals surface area contributed by atoms with Crippen LogP contribution >= 0.6 is 0 Å². The highest BCUT2D eigenvalue weighted by molar-refractivity contribution is 5.69. The highest BCUT2D eigenvalue weighted by Gasteiger charge is 2.50. The molecule has 1 aromatic rings. The van der Waals surface area contributed by atoms with Gasteiger partial charge in [0, 0.05) is 24.9 Å². The summed E-state index contributed by atoms with van der Waals surface area (Å²) in [6, 6.07) is 6.27. The summed E-state index contributed by atoms with van der Waals surface area (Å²) in [5, 5.41) is 9.39. The van der Waals surface area contributed by atoms with Gasteiger partial charge in [-0.2, -0.15) is 5.26 Å². The number of rotatable bonds is 2. The van der Waals surface area contributed by atoms with Crippen molar-refractivity contribution >= 4 is 5.97 Å². The lowest BCUT2D eigenvalue weighted by Crippen LogP contribution is -2.57. The molecule has 0 spiro atoms. The summed E-state index contributed by atoms with van der Waals surface area (Å²) >= 11 is 0. The number of benzene rings is 1. The van der Waals surface area contributed by atoms with E-state index in [9.17, 15) is 10.1 Å². The topological polar surface area (TPSA) is 53.3 Å². The Labute approximate surface area is 131 Å². The first-order valence-electron chi connectivity index (χ1n) is 8.00. The van der Waals surface area contributed by atoms with Crippen molar-refractivity contribution < 1.29 is 9.53 Å². The van der Waals surface area contributed by atoms with Crippen molar-refractivity contribution in [3.8, 4) is 11.9 Å². The number of nitrogens with zero attached hydrogens (tertiary/aromatic N) is 2. The number of likely N-dealkylation sites (tertiary alicyclic amines) is 1. The normalized spacial score (nSPS) is 29.5. The van der Waals surface area contributed by atoms with Crippen molar-refractivity contribution in [2.75, 3.05) is 6.54 Å². The van der Waals surface area contributed by atoms with E-state index in [4.69, 9.17) is 4.74 Å². The van der Waals surface area contributed by atoms with Crippen molar-refractivity contribution in [2.45, 2.75) is 51.5 Å². The van der Waals surface area contributed by atoms with Crippen LogP contribution in [0.15, 0.2) is 18.2 Å². The van der Waals surface area contributed by atoms with Crippen LogP contribution in [0.2, 0.25) is 0 Å². The third-order valence-corrected chi connectivity index (χ3v) is 5.72. The molecule has 0 aromatic heterocycles. The quantitative estimate of drug-likeness (QED) is 0.478. The predicted molar refractivity (Wildman–Crippen MR) is 83.3 cm³/mol. The first-order chi connectivity index (χ1) is 10.5. The van der Waals surface area contributed by atoms with Crippen LogP contribution in [-0.2, 0) is 16.6 Å². The number of hydrogen-bond acceptors (Lipinski definition) is 4. The van der Waals surface area contributed by atoms with Crippen LogP contribution in [0.3, 0.4) is 0 Å². The second kappa shape index (κ2) is 5.31. The molecule has 1 aromatic carbocycles. The van der Waals surface area contributed by atoms with Crippen molar-refractivity contribution in [2.24, 2.45) is 5.92 Å². The van der Waals surface area contributed by atoms with Gasteiger partial charge in [-0.3, -0.25) is 4.79 Å². The molecule has 4 nitrogen and oxygen atoms in total. The van der Waals surface area contributed by atoms with E-state index in [1.54, 1.807) is 0 Å². The SMILES string of the molecule is CCC12CCN(C#N)C(Cc3ccc(OC(C)=O)cc31)C2C. The number of piperidine rings is 1. The fraction of sp³-hybridized carbons (Fsp3) is 0.556. The molecular formula is C18H22N2O2. The summed E-state index contributed by atoms with van der Waals surface area (Å²) in [6.07, 6.45) is 5.28. The summed E-state index contributed by atoms with van der Waals surface area (Å²) in [5.74, 6) is 0.768. The third-order valence-electron chi connectivity index (χ3n) is 5.72. The van der Waals surface area contributed by atoms with Gasteiger partial charge in [0.1, 0.15) is 5.75 Å². The predicted octanol–water partition coefficient (Wildman–Crippen LogP) is 3.01. The van der Waals surface area contributed by atoms with Gasteiger partial charge in [0.05, 0.1) is 0 Å². The van der Waals surface area contributed by atoms with Crippen LogP contribution in [0.1, 0.15) is 44.7 Å². The van der Waals surface area contributed by atoms with Gasteiger partial charge in [0.2, 0.25) is 0 Å². The maximum absolute atomic E-state index is 11.2. The minimum absolute atomic E-state index is 0.0851. The number of fused-ring (bicyclic) bond motifs is 4. The fourth-order valence-corrected chi connectivity index (χ4v) is 4.48. The highest BCUT2D eigenvalue weighted by Crippen LogP contribution is 2.51. The molecule has 0 N–H and O–H groups in total. The lowest BCUT2D eigenvalue weighted by atomic mass is 9.57. The van der Waals surface area contributed by atoms with E-state index < -0.39 is 0 Å². The number of hydrogen-bond donors (Lipinski definition) is 0. The standard InChI is InChI=1S/C18H22N2O2/c1-4-18-7-8-20(11-19)17(12(18)2)9-14-5-6-15(10-16(14)18)22-13(3)21/h5-6,10,12,17H,4,7-9H2,1-3H3. The largest absolute Gasteiger partial charge is 0.427 e. The molecule has 0 saturated carbocycles. The summed E-state index contributed by atoms with van der Waals surface area (Å²) in [7, 11) is 0. The summed E-state index contributed by atoms with van der Waals surface area (Å²) < 4.78 is 5.28. The molecule has 0 amide bonds. The number of nitriles is 1. The molecule has 0 radical (unpaired) electrons. The Balaban J connectivity index is 2.09. The van der Waals surface area contributed by atoms with Crippen molar-refractivity contribution in [1.29, 1.82) is 5.26 Å². The zero-order valence-corrected chi connectivity index (χ0v) is 13.4. The molecule has 1 aliphatic carbocycles. The zero-order chi connectivity index (χ0) is 15.9. The Bertz CT molecular complexity index is 649. The Morgan fingerprint density at radius 2 is 2.32 bits per heavy atom.